The fraction of sp³-hybridized carbons (Fsp3) is 0.929. The molecular formula is C28H47ClO2. The van der Waals surface area contributed by atoms with Crippen LogP contribution in [0.4, 0.5) is 0 Å². The van der Waals surface area contributed by atoms with Gasteiger partial charge in [-0.05, 0) is 92.8 Å². The summed E-state index contributed by atoms with van der Waals surface area (Å²) in [5.41, 5.74) is 2.45. The van der Waals surface area contributed by atoms with E-state index in [0.29, 0.717) is 18.3 Å². The maximum atomic E-state index is 6.83. The minimum Gasteiger partial charge on any atom is -0.359 e. The number of rotatable bonds is 9. The third kappa shape index (κ3) is 4.52. The highest BCUT2D eigenvalue weighted by Crippen LogP contribution is 2.67. The van der Waals surface area contributed by atoms with Gasteiger partial charge in [0.15, 0.2) is 0 Å². The second kappa shape index (κ2) is 10.1. The van der Waals surface area contributed by atoms with Crippen LogP contribution in [0.25, 0.3) is 0 Å². The topological polar surface area (TPSA) is 18.5 Å². The zero-order chi connectivity index (χ0) is 22.1. The minimum atomic E-state index is 0.244. The summed E-state index contributed by atoms with van der Waals surface area (Å²) >= 11 is 6.83. The van der Waals surface area contributed by atoms with E-state index in [1.165, 1.54) is 64.2 Å². The van der Waals surface area contributed by atoms with Crippen LogP contribution in [0, 0.1) is 40.4 Å². The van der Waals surface area contributed by atoms with E-state index < -0.39 is 0 Å². The number of hydrogen-bond donors (Lipinski definition) is 0. The molecule has 0 aromatic rings. The summed E-state index contributed by atoms with van der Waals surface area (Å²) in [6, 6.07) is 0. The number of unbranched alkanes of at least 4 members (excludes halogenated alkanes) is 1. The molecule has 0 saturated heterocycles. The van der Waals surface area contributed by atoms with Gasteiger partial charge in [0.1, 0.15) is 6.79 Å². The predicted octanol–water partition coefficient (Wildman–Crippen LogP) is 7.99. The summed E-state index contributed by atoms with van der Waals surface area (Å²) in [5, 5.41) is 0. The van der Waals surface area contributed by atoms with Gasteiger partial charge in [0.05, 0.1) is 6.10 Å². The normalized spacial score (nSPS) is 42.1. The molecular weight excluding hydrogens is 404 g/mol. The summed E-state index contributed by atoms with van der Waals surface area (Å²) in [7, 11) is 1.72. The summed E-state index contributed by atoms with van der Waals surface area (Å²) in [6.45, 7) is 7.82. The molecule has 0 aromatic heterocycles. The van der Waals surface area contributed by atoms with E-state index in [1.807, 2.05) is 0 Å². The molecule has 178 valence electrons. The van der Waals surface area contributed by atoms with Crippen LogP contribution in [0.3, 0.4) is 0 Å². The largest absolute Gasteiger partial charge is 0.359 e. The summed E-state index contributed by atoms with van der Waals surface area (Å²) in [5.74, 6) is 5.19. The third-order valence-corrected chi connectivity index (χ3v) is 10.7. The van der Waals surface area contributed by atoms with E-state index >= 15 is 0 Å². The highest BCUT2D eigenvalue weighted by atomic mass is 35.5. The molecule has 4 aliphatic carbocycles. The van der Waals surface area contributed by atoms with Gasteiger partial charge in [-0.2, -0.15) is 0 Å². The van der Waals surface area contributed by atoms with Crippen molar-refractivity contribution in [2.24, 2.45) is 40.4 Å². The lowest BCUT2D eigenvalue weighted by molar-refractivity contribution is -0.0969. The summed E-state index contributed by atoms with van der Waals surface area (Å²) in [6.07, 6.45) is 19.1. The van der Waals surface area contributed by atoms with Crippen LogP contribution < -0.4 is 0 Å². The molecule has 0 aliphatic heterocycles. The Kier molecular flexibility index (Phi) is 7.82. The van der Waals surface area contributed by atoms with Crippen molar-refractivity contribution in [2.45, 2.75) is 104 Å². The van der Waals surface area contributed by atoms with Gasteiger partial charge in [-0.25, -0.2) is 0 Å². The van der Waals surface area contributed by atoms with Gasteiger partial charge in [-0.15, -0.1) is 11.6 Å². The first-order valence-corrected chi connectivity index (χ1v) is 13.8. The molecule has 4 aliphatic rings. The van der Waals surface area contributed by atoms with Gasteiger partial charge < -0.3 is 9.47 Å². The van der Waals surface area contributed by atoms with Crippen molar-refractivity contribution < 1.29 is 9.47 Å². The van der Waals surface area contributed by atoms with Gasteiger partial charge in [-0.3, -0.25) is 0 Å². The zero-order valence-corrected chi connectivity index (χ0v) is 21.4. The number of ether oxygens (including phenoxy) is 2. The Labute approximate surface area is 196 Å². The molecule has 7 atom stereocenters. The van der Waals surface area contributed by atoms with Crippen molar-refractivity contribution in [3.8, 4) is 0 Å². The number of alkyl halides is 1. The van der Waals surface area contributed by atoms with E-state index in [9.17, 15) is 0 Å². The van der Waals surface area contributed by atoms with Crippen LogP contribution >= 0.6 is 11.6 Å². The highest BCUT2D eigenvalue weighted by Gasteiger charge is 2.59. The molecule has 0 aromatic carbocycles. The molecule has 0 amide bonds. The van der Waals surface area contributed by atoms with Crippen molar-refractivity contribution in [3.05, 3.63) is 11.6 Å². The van der Waals surface area contributed by atoms with Crippen LogP contribution in [0.15, 0.2) is 11.6 Å². The van der Waals surface area contributed by atoms with Crippen LogP contribution in [0.5, 0.6) is 0 Å². The maximum absolute atomic E-state index is 6.83. The van der Waals surface area contributed by atoms with Gasteiger partial charge in [-0.1, -0.05) is 51.7 Å². The lowest BCUT2D eigenvalue weighted by Gasteiger charge is -2.58. The Hall–Kier alpha value is -0.0500. The average Bonchev–Trinajstić information content (AvgIpc) is 3.11. The van der Waals surface area contributed by atoms with Crippen LogP contribution in [-0.2, 0) is 9.47 Å². The first-order valence-electron chi connectivity index (χ1n) is 13.3. The zero-order valence-electron chi connectivity index (χ0n) is 20.6. The average molecular weight is 451 g/mol. The molecule has 3 saturated carbocycles. The molecule has 4 rings (SSSR count). The smallest absolute Gasteiger partial charge is 0.146 e. The van der Waals surface area contributed by atoms with Crippen LogP contribution in [-0.4, -0.2) is 25.9 Å². The maximum Gasteiger partial charge on any atom is 0.146 e. The first-order chi connectivity index (χ1) is 14.9. The van der Waals surface area contributed by atoms with E-state index in [4.69, 9.17) is 21.1 Å². The number of hydrogen-bond acceptors (Lipinski definition) is 2. The Balaban J connectivity index is 1.45. The third-order valence-electron chi connectivity index (χ3n) is 10.2. The van der Waals surface area contributed by atoms with Crippen molar-refractivity contribution in [1.29, 1.82) is 0 Å². The molecule has 0 radical (unpaired) electrons. The predicted molar refractivity (Wildman–Crippen MR) is 130 cm³/mol. The Morgan fingerprint density at radius 3 is 2.68 bits per heavy atom. The molecule has 7 unspecified atom stereocenters. The van der Waals surface area contributed by atoms with Gasteiger partial charge in [0.2, 0.25) is 0 Å². The second-order valence-electron chi connectivity index (χ2n) is 12.1. The molecule has 2 nitrogen and oxygen atoms in total. The molecule has 0 spiro atoms. The standard InChI is InChI=1S/C28H47ClO2/c1-20(2)7-5-6-8-21-10-12-25-24-11-9-22-17-23(31-19-30-4)13-16-28(22,18-29)26(24)14-15-27(21,25)3/h9,20-21,23-26H,5-8,10-19H2,1-4H3. The lowest BCUT2D eigenvalue weighted by Crippen LogP contribution is -2.52. The van der Waals surface area contributed by atoms with Crippen molar-refractivity contribution in [2.75, 3.05) is 19.8 Å². The monoisotopic (exact) mass is 450 g/mol. The SMILES string of the molecule is COCOC1CCC2(CCl)C(=CCC3C2CCC2(C)C(CCCCC(C)C)CCC32)C1. The lowest BCUT2D eigenvalue weighted by atomic mass is 9.47. The van der Waals surface area contributed by atoms with Gasteiger partial charge in [0.25, 0.3) is 0 Å². The summed E-state index contributed by atoms with van der Waals surface area (Å²) < 4.78 is 11.1. The molecule has 0 N–H and O–H groups in total. The number of fused-ring (bicyclic) bond motifs is 5. The number of methoxy groups -OCH3 is 1. The van der Waals surface area contributed by atoms with Crippen molar-refractivity contribution in [1.82, 2.24) is 0 Å². The van der Waals surface area contributed by atoms with E-state index in [0.717, 1.165) is 48.3 Å². The van der Waals surface area contributed by atoms with E-state index in [1.54, 1.807) is 12.7 Å². The fourth-order valence-corrected chi connectivity index (χ4v) is 9.01. The minimum absolute atomic E-state index is 0.244. The van der Waals surface area contributed by atoms with Crippen molar-refractivity contribution >= 4 is 11.6 Å². The van der Waals surface area contributed by atoms with E-state index in [-0.39, 0.29) is 5.41 Å². The van der Waals surface area contributed by atoms with Crippen molar-refractivity contribution in [3.63, 3.8) is 0 Å². The molecule has 0 heterocycles. The quantitative estimate of drug-likeness (QED) is 0.153. The summed E-state index contributed by atoms with van der Waals surface area (Å²) in [4.78, 5) is 0. The highest BCUT2D eigenvalue weighted by molar-refractivity contribution is 6.18. The molecule has 31 heavy (non-hydrogen) atoms. The second-order valence-corrected chi connectivity index (χ2v) is 12.3. The van der Waals surface area contributed by atoms with Crippen LogP contribution in [0.2, 0.25) is 0 Å². The van der Waals surface area contributed by atoms with Gasteiger partial charge >= 0.3 is 0 Å². The van der Waals surface area contributed by atoms with E-state index in [2.05, 4.69) is 26.8 Å². The first kappa shape index (κ1) is 24.1. The fourth-order valence-electron chi connectivity index (χ4n) is 8.51. The number of allylic oxidation sites excluding steroid dienone is 1. The number of halogens is 1. The Bertz CT molecular complexity index is 631. The molecule has 3 heteroatoms. The molecule has 3 fully saturated rings. The molecule has 0 bridgehead atoms. The van der Waals surface area contributed by atoms with Crippen LogP contribution in [0.1, 0.15) is 97.8 Å². The Morgan fingerprint density at radius 1 is 1.10 bits per heavy atom. The Morgan fingerprint density at radius 2 is 1.94 bits per heavy atom. The van der Waals surface area contributed by atoms with Gasteiger partial charge in [0, 0.05) is 18.4 Å².